The SMILES string of the molecule is CCC1CN(CCN(CCN2CC(CC)OC(CC)C2)CCN2CC(CC)OC(CC)C2)CCO1. The summed E-state index contributed by atoms with van der Waals surface area (Å²) in [4.78, 5) is 10.7. The fraction of sp³-hybridized carbons (Fsp3) is 1.00. The van der Waals surface area contributed by atoms with E-state index in [2.05, 4.69) is 54.2 Å². The third-order valence-electron chi connectivity index (χ3n) is 8.31. The lowest BCUT2D eigenvalue weighted by Gasteiger charge is -2.40. The molecule has 0 aliphatic carbocycles. The molecule has 206 valence electrons. The van der Waals surface area contributed by atoms with Crippen LogP contribution in [-0.2, 0) is 14.2 Å². The van der Waals surface area contributed by atoms with Crippen molar-refractivity contribution in [2.75, 3.05) is 85.1 Å². The van der Waals surface area contributed by atoms with Crippen LogP contribution in [0.25, 0.3) is 0 Å². The molecule has 3 aliphatic rings. The summed E-state index contributed by atoms with van der Waals surface area (Å²) in [6.45, 7) is 25.5. The Labute approximate surface area is 216 Å². The lowest BCUT2D eigenvalue weighted by Crippen LogP contribution is -2.52. The van der Waals surface area contributed by atoms with Gasteiger partial charge in [-0.05, 0) is 32.1 Å². The van der Waals surface area contributed by atoms with Crippen molar-refractivity contribution >= 4 is 0 Å². The van der Waals surface area contributed by atoms with Gasteiger partial charge in [0.1, 0.15) is 0 Å². The Kier molecular flexibility index (Phi) is 13.3. The maximum atomic E-state index is 6.25. The molecule has 0 N–H and O–H groups in total. The molecule has 7 heteroatoms. The van der Waals surface area contributed by atoms with Crippen LogP contribution in [0.4, 0.5) is 0 Å². The van der Waals surface area contributed by atoms with Crippen LogP contribution in [0.3, 0.4) is 0 Å². The first kappa shape index (κ1) is 29.3. The van der Waals surface area contributed by atoms with Gasteiger partial charge < -0.3 is 14.2 Å². The Balaban J connectivity index is 1.53. The van der Waals surface area contributed by atoms with Gasteiger partial charge in [-0.25, -0.2) is 0 Å². The lowest BCUT2D eigenvalue weighted by atomic mass is 10.1. The van der Waals surface area contributed by atoms with Crippen LogP contribution < -0.4 is 0 Å². The number of rotatable bonds is 14. The maximum absolute atomic E-state index is 6.25. The van der Waals surface area contributed by atoms with Crippen molar-refractivity contribution in [1.29, 1.82) is 0 Å². The third-order valence-corrected chi connectivity index (χ3v) is 8.31. The molecule has 3 fully saturated rings. The van der Waals surface area contributed by atoms with Gasteiger partial charge in [0.15, 0.2) is 0 Å². The van der Waals surface area contributed by atoms with E-state index in [1.54, 1.807) is 0 Å². The standard InChI is InChI=1S/C28H56N4O3/c1-6-24-19-30(17-18-33-24)14-11-29(12-15-31-20-25(7-2)34-26(8-3)21-31)13-16-32-22-27(9-4)35-28(10-5)23-32/h24-28H,6-23H2,1-5H3. The van der Waals surface area contributed by atoms with Gasteiger partial charge in [0.05, 0.1) is 37.1 Å². The second-order valence-corrected chi connectivity index (χ2v) is 11.0. The molecule has 5 unspecified atom stereocenters. The van der Waals surface area contributed by atoms with E-state index < -0.39 is 0 Å². The zero-order chi connectivity index (χ0) is 25.0. The van der Waals surface area contributed by atoms with Crippen molar-refractivity contribution in [2.45, 2.75) is 97.2 Å². The fourth-order valence-electron chi connectivity index (χ4n) is 5.70. The quantitative estimate of drug-likeness (QED) is 0.366. The fourth-order valence-corrected chi connectivity index (χ4v) is 5.70. The van der Waals surface area contributed by atoms with E-state index >= 15 is 0 Å². The van der Waals surface area contributed by atoms with Crippen LogP contribution >= 0.6 is 0 Å². The van der Waals surface area contributed by atoms with E-state index in [4.69, 9.17) is 14.2 Å². The van der Waals surface area contributed by atoms with Crippen molar-refractivity contribution in [3.8, 4) is 0 Å². The van der Waals surface area contributed by atoms with Gasteiger partial charge in [0.2, 0.25) is 0 Å². The zero-order valence-corrected chi connectivity index (χ0v) is 23.6. The van der Waals surface area contributed by atoms with Crippen LogP contribution in [0.5, 0.6) is 0 Å². The molecule has 35 heavy (non-hydrogen) atoms. The Morgan fingerprint density at radius 3 is 1.31 bits per heavy atom. The van der Waals surface area contributed by atoms with Crippen LogP contribution in [0, 0.1) is 0 Å². The van der Waals surface area contributed by atoms with E-state index in [1.807, 2.05) is 0 Å². The minimum absolute atomic E-state index is 0.395. The maximum Gasteiger partial charge on any atom is 0.0703 e. The molecule has 7 nitrogen and oxygen atoms in total. The molecule has 3 heterocycles. The van der Waals surface area contributed by atoms with Crippen LogP contribution in [0.2, 0.25) is 0 Å². The average molecular weight is 497 g/mol. The summed E-state index contributed by atoms with van der Waals surface area (Å²) in [5.74, 6) is 0. The Bertz CT molecular complexity index is 510. The molecule has 0 amide bonds. The highest BCUT2D eigenvalue weighted by Crippen LogP contribution is 2.18. The predicted molar refractivity (Wildman–Crippen MR) is 144 cm³/mol. The molecular weight excluding hydrogens is 440 g/mol. The minimum atomic E-state index is 0.395. The minimum Gasteiger partial charge on any atom is -0.376 e. The lowest BCUT2D eigenvalue weighted by molar-refractivity contribution is -0.0912. The van der Waals surface area contributed by atoms with E-state index in [-0.39, 0.29) is 0 Å². The molecule has 0 bridgehead atoms. The Hall–Kier alpha value is -0.280. The van der Waals surface area contributed by atoms with Crippen molar-refractivity contribution in [2.24, 2.45) is 0 Å². The number of hydrogen-bond donors (Lipinski definition) is 0. The van der Waals surface area contributed by atoms with Crippen molar-refractivity contribution < 1.29 is 14.2 Å². The Morgan fingerprint density at radius 1 is 0.543 bits per heavy atom. The topological polar surface area (TPSA) is 40.7 Å². The summed E-state index contributed by atoms with van der Waals surface area (Å²) in [7, 11) is 0. The normalized spacial score (nSPS) is 31.9. The average Bonchev–Trinajstić information content (AvgIpc) is 2.92. The summed E-state index contributed by atoms with van der Waals surface area (Å²) in [6, 6.07) is 0. The van der Waals surface area contributed by atoms with E-state index in [1.165, 1.54) is 0 Å². The molecule has 0 aromatic rings. The molecule has 3 aliphatic heterocycles. The highest BCUT2D eigenvalue weighted by Gasteiger charge is 2.28. The van der Waals surface area contributed by atoms with E-state index in [0.29, 0.717) is 30.5 Å². The smallest absolute Gasteiger partial charge is 0.0703 e. The zero-order valence-electron chi connectivity index (χ0n) is 23.6. The number of ether oxygens (including phenoxy) is 3. The summed E-state index contributed by atoms with van der Waals surface area (Å²) in [5.41, 5.74) is 0. The first-order chi connectivity index (χ1) is 17.1. The predicted octanol–water partition coefficient (Wildman–Crippen LogP) is 3.18. The van der Waals surface area contributed by atoms with Crippen molar-refractivity contribution in [1.82, 2.24) is 19.6 Å². The monoisotopic (exact) mass is 496 g/mol. The molecular formula is C28H56N4O3. The number of morpholine rings is 3. The summed E-state index contributed by atoms with van der Waals surface area (Å²) in [6.07, 6.45) is 7.55. The van der Waals surface area contributed by atoms with Crippen LogP contribution in [-0.4, -0.2) is 135 Å². The van der Waals surface area contributed by atoms with Gasteiger partial charge in [0, 0.05) is 78.5 Å². The molecule has 0 saturated carbocycles. The van der Waals surface area contributed by atoms with Gasteiger partial charge in [-0.2, -0.15) is 0 Å². The van der Waals surface area contributed by atoms with Gasteiger partial charge >= 0.3 is 0 Å². The van der Waals surface area contributed by atoms with Gasteiger partial charge in [-0.1, -0.05) is 34.6 Å². The molecule has 0 aromatic carbocycles. The van der Waals surface area contributed by atoms with E-state index in [9.17, 15) is 0 Å². The highest BCUT2D eigenvalue weighted by molar-refractivity contribution is 4.80. The van der Waals surface area contributed by atoms with E-state index in [0.717, 1.165) is 117 Å². The molecule has 0 aromatic heterocycles. The highest BCUT2D eigenvalue weighted by atomic mass is 16.5. The van der Waals surface area contributed by atoms with Gasteiger partial charge in [0.25, 0.3) is 0 Å². The largest absolute Gasteiger partial charge is 0.376 e. The molecule has 5 atom stereocenters. The molecule has 3 rings (SSSR count). The molecule has 0 radical (unpaired) electrons. The molecule has 3 saturated heterocycles. The first-order valence-electron chi connectivity index (χ1n) is 14.9. The van der Waals surface area contributed by atoms with Crippen LogP contribution in [0.1, 0.15) is 66.7 Å². The van der Waals surface area contributed by atoms with Crippen molar-refractivity contribution in [3.05, 3.63) is 0 Å². The molecule has 0 spiro atoms. The van der Waals surface area contributed by atoms with Gasteiger partial charge in [-0.15, -0.1) is 0 Å². The van der Waals surface area contributed by atoms with Gasteiger partial charge in [-0.3, -0.25) is 19.6 Å². The first-order valence-corrected chi connectivity index (χ1v) is 14.9. The number of hydrogen-bond acceptors (Lipinski definition) is 7. The second kappa shape index (κ2) is 15.9. The van der Waals surface area contributed by atoms with Crippen LogP contribution in [0.15, 0.2) is 0 Å². The second-order valence-electron chi connectivity index (χ2n) is 11.0. The summed E-state index contributed by atoms with van der Waals surface area (Å²) < 4.78 is 18.4. The third kappa shape index (κ3) is 9.84. The summed E-state index contributed by atoms with van der Waals surface area (Å²) >= 11 is 0. The summed E-state index contributed by atoms with van der Waals surface area (Å²) in [5, 5.41) is 0. The number of nitrogens with zero attached hydrogens (tertiary/aromatic N) is 4. The Morgan fingerprint density at radius 2 is 0.914 bits per heavy atom. The van der Waals surface area contributed by atoms with Crippen molar-refractivity contribution in [3.63, 3.8) is 0 Å².